The lowest BCUT2D eigenvalue weighted by molar-refractivity contribution is -0.149. The summed E-state index contributed by atoms with van der Waals surface area (Å²) >= 11 is 0. The zero-order valence-electron chi connectivity index (χ0n) is 10.7. The van der Waals surface area contributed by atoms with E-state index >= 15 is 0 Å². The number of carboxylic acid groups (broad SMARTS) is 1. The van der Waals surface area contributed by atoms with Crippen molar-refractivity contribution in [2.75, 3.05) is 0 Å². The molecule has 2 aliphatic rings. The van der Waals surface area contributed by atoms with E-state index in [9.17, 15) is 14.7 Å². The van der Waals surface area contributed by atoms with Gasteiger partial charge in [0.2, 0.25) is 0 Å². The zero-order valence-corrected chi connectivity index (χ0v) is 10.7. The maximum Gasteiger partial charge on any atom is 0.411 e. The van der Waals surface area contributed by atoms with Crippen LogP contribution in [0.1, 0.15) is 40.5 Å². The van der Waals surface area contributed by atoms with Crippen molar-refractivity contribution in [1.29, 1.82) is 0 Å². The van der Waals surface area contributed by atoms with Gasteiger partial charge in [0.15, 0.2) is 0 Å². The number of carbonyl (C=O) groups excluding carboxylic acids is 1. The van der Waals surface area contributed by atoms with E-state index in [2.05, 4.69) is 0 Å². The van der Waals surface area contributed by atoms with Crippen molar-refractivity contribution in [3.8, 4) is 0 Å². The van der Waals surface area contributed by atoms with Gasteiger partial charge in [0.05, 0.1) is 0 Å². The Morgan fingerprint density at radius 1 is 1.41 bits per heavy atom. The van der Waals surface area contributed by atoms with Crippen LogP contribution in [0.5, 0.6) is 0 Å². The normalized spacial score (nSPS) is 35.4. The van der Waals surface area contributed by atoms with Crippen molar-refractivity contribution < 1.29 is 19.4 Å². The van der Waals surface area contributed by atoms with Crippen LogP contribution in [0.3, 0.4) is 0 Å². The molecule has 5 heteroatoms. The Morgan fingerprint density at radius 2 is 2.00 bits per heavy atom. The summed E-state index contributed by atoms with van der Waals surface area (Å²) in [6.07, 6.45) is 0.932. The molecular weight excluding hydrogens is 222 g/mol. The number of aliphatic carboxylic acids is 1. The number of hydrogen-bond acceptors (Lipinski definition) is 3. The summed E-state index contributed by atoms with van der Waals surface area (Å²) in [5.41, 5.74) is -1.70. The molecule has 1 amide bonds. The van der Waals surface area contributed by atoms with Crippen LogP contribution in [0.2, 0.25) is 0 Å². The number of rotatable bonds is 1. The second kappa shape index (κ2) is 3.37. The van der Waals surface area contributed by atoms with E-state index < -0.39 is 23.2 Å². The minimum Gasteiger partial charge on any atom is -0.480 e. The molecule has 1 aliphatic heterocycles. The molecule has 17 heavy (non-hydrogen) atoms. The summed E-state index contributed by atoms with van der Waals surface area (Å²) in [6.45, 7) is 6.95. The molecule has 1 N–H and O–H groups in total. The lowest BCUT2D eigenvalue weighted by atomic mass is 9.97. The lowest BCUT2D eigenvalue weighted by Crippen LogP contribution is -2.54. The first kappa shape index (κ1) is 12.2. The molecule has 0 aromatic heterocycles. The van der Waals surface area contributed by atoms with Crippen molar-refractivity contribution in [1.82, 2.24) is 4.90 Å². The van der Waals surface area contributed by atoms with Crippen LogP contribution in [-0.4, -0.2) is 39.3 Å². The van der Waals surface area contributed by atoms with E-state index in [0.717, 1.165) is 6.42 Å². The number of carboxylic acids is 1. The fraction of sp³-hybridized carbons (Fsp3) is 0.833. The summed E-state index contributed by atoms with van der Waals surface area (Å²) in [5, 5.41) is 9.28. The van der Waals surface area contributed by atoms with Crippen molar-refractivity contribution in [2.24, 2.45) is 5.92 Å². The molecule has 1 aliphatic carbocycles. The van der Waals surface area contributed by atoms with Gasteiger partial charge >= 0.3 is 12.1 Å². The number of likely N-dealkylation sites (tertiary alicyclic amines) is 1. The standard InChI is InChI=1S/C12H19NO4/c1-11(2,3)17-10(16)13-8-5-7(8)6-12(13,4)9(14)15/h7-8H,5-6H2,1-4H3,(H,14,15)/t7-,8-,12-/m0/s1. The van der Waals surface area contributed by atoms with Crippen molar-refractivity contribution in [3.63, 3.8) is 0 Å². The third-order valence-corrected chi connectivity index (χ3v) is 3.46. The first-order valence-corrected chi connectivity index (χ1v) is 5.91. The number of ether oxygens (including phenoxy) is 1. The maximum atomic E-state index is 12.1. The molecular formula is C12H19NO4. The first-order chi connectivity index (χ1) is 7.65. The summed E-state index contributed by atoms with van der Waals surface area (Å²) in [6, 6.07) is 0.0611. The topological polar surface area (TPSA) is 66.8 Å². The van der Waals surface area contributed by atoms with E-state index in [1.165, 1.54) is 4.90 Å². The molecule has 5 nitrogen and oxygen atoms in total. The number of fused-ring (bicyclic) bond motifs is 1. The Balaban J connectivity index is 2.18. The molecule has 1 saturated carbocycles. The average molecular weight is 241 g/mol. The molecule has 0 radical (unpaired) electrons. The summed E-state index contributed by atoms with van der Waals surface area (Å²) < 4.78 is 5.29. The molecule has 1 saturated heterocycles. The summed E-state index contributed by atoms with van der Waals surface area (Å²) in [4.78, 5) is 24.8. The van der Waals surface area contributed by atoms with Crippen LogP contribution in [0.25, 0.3) is 0 Å². The van der Waals surface area contributed by atoms with Crippen LogP contribution in [0.15, 0.2) is 0 Å². The Morgan fingerprint density at radius 3 is 2.47 bits per heavy atom. The predicted molar refractivity (Wildman–Crippen MR) is 60.6 cm³/mol. The fourth-order valence-electron chi connectivity index (χ4n) is 2.58. The fourth-order valence-corrected chi connectivity index (χ4v) is 2.58. The molecule has 1 heterocycles. The van der Waals surface area contributed by atoms with Gasteiger partial charge in [-0.3, -0.25) is 4.90 Å². The molecule has 2 rings (SSSR count). The summed E-state index contributed by atoms with van der Waals surface area (Å²) in [7, 11) is 0. The van der Waals surface area contributed by atoms with E-state index in [1.807, 2.05) is 0 Å². The summed E-state index contributed by atoms with van der Waals surface area (Å²) in [5.74, 6) is -0.612. The van der Waals surface area contributed by atoms with E-state index in [1.54, 1.807) is 27.7 Å². The van der Waals surface area contributed by atoms with Gasteiger partial charge in [-0.25, -0.2) is 9.59 Å². The molecule has 0 unspecified atom stereocenters. The highest BCUT2D eigenvalue weighted by Crippen LogP contribution is 2.53. The quantitative estimate of drug-likeness (QED) is 0.761. The average Bonchev–Trinajstić information content (AvgIpc) is 2.74. The predicted octanol–water partition coefficient (Wildman–Crippen LogP) is 1.86. The van der Waals surface area contributed by atoms with E-state index in [-0.39, 0.29) is 6.04 Å². The Labute approximate surface area is 101 Å². The number of nitrogens with zero attached hydrogens (tertiary/aromatic N) is 1. The van der Waals surface area contributed by atoms with Gasteiger partial charge in [-0.2, -0.15) is 0 Å². The Kier molecular flexibility index (Phi) is 2.42. The molecule has 0 spiro atoms. The van der Waals surface area contributed by atoms with Crippen LogP contribution in [-0.2, 0) is 9.53 Å². The van der Waals surface area contributed by atoms with Gasteiger partial charge in [0, 0.05) is 6.04 Å². The zero-order chi connectivity index (χ0) is 13.0. The van der Waals surface area contributed by atoms with Crippen LogP contribution < -0.4 is 0 Å². The maximum absolute atomic E-state index is 12.1. The Hall–Kier alpha value is -1.26. The van der Waals surface area contributed by atoms with Crippen LogP contribution in [0.4, 0.5) is 4.79 Å². The van der Waals surface area contributed by atoms with Gasteiger partial charge in [0.25, 0.3) is 0 Å². The number of piperidine rings is 1. The highest BCUT2D eigenvalue weighted by Gasteiger charge is 2.63. The second-order valence-electron chi connectivity index (χ2n) is 6.20. The molecule has 2 fully saturated rings. The number of amides is 1. The van der Waals surface area contributed by atoms with Crippen molar-refractivity contribution in [3.05, 3.63) is 0 Å². The number of carbonyl (C=O) groups is 2. The van der Waals surface area contributed by atoms with Crippen LogP contribution >= 0.6 is 0 Å². The SMILES string of the molecule is CC(C)(C)OC(=O)N1[C@H]2C[C@H]2C[C@@]1(C)C(=O)O. The Bertz CT molecular complexity index is 373. The van der Waals surface area contributed by atoms with E-state index in [4.69, 9.17) is 4.74 Å². The van der Waals surface area contributed by atoms with Crippen molar-refractivity contribution in [2.45, 2.75) is 57.7 Å². The minimum absolute atomic E-state index is 0.0611. The van der Waals surface area contributed by atoms with Gasteiger partial charge in [-0.1, -0.05) is 0 Å². The molecule has 0 aromatic carbocycles. The van der Waals surface area contributed by atoms with Crippen LogP contribution in [0, 0.1) is 5.92 Å². The second-order valence-corrected chi connectivity index (χ2v) is 6.20. The largest absolute Gasteiger partial charge is 0.480 e. The van der Waals surface area contributed by atoms with E-state index in [0.29, 0.717) is 12.3 Å². The van der Waals surface area contributed by atoms with Gasteiger partial charge < -0.3 is 9.84 Å². The van der Waals surface area contributed by atoms with Gasteiger partial charge in [-0.05, 0) is 46.5 Å². The molecule has 0 aromatic rings. The highest BCUT2D eigenvalue weighted by molar-refractivity contribution is 5.85. The monoisotopic (exact) mass is 241 g/mol. The minimum atomic E-state index is -1.10. The molecule has 0 bridgehead atoms. The number of hydrogen-bond donors (Lipinski definition) is 1. The third-order valence-electron chi connectivity index (χ3n) is 3.46. The first-order valence-electron chi connectivity index (χ1n) is 5.91. The lowest BCUT2D eigenvalue weighted by Gasteiger charge is -2.35. The highest BCUT2D eigenvalue weighted by atomic mass is 16.6. The third kappa shape index (κ3) is 1.98. The molecule has 3 atom stereocenters. The van der Waals surface area contributed by atoms with Gasteiger partial charge in [-0.15, -0.1) is 0 Å². The van der Waals surface area contributed by atoms with Crippen molar-refractivity contribution >= 4 is 12.1 Å². The molecule has 96 valence electrons. The smallest absolute Gasteiger partial charge is 0.411 e. The van der Waals surface area contributed by atoms with Gasteiger partial charge in [0.1, 0.15) is 11.1 Å².